The molecule has 0 aliphatic rings. The van der Waals surface area contributed by atoms with Crippen molar-refractivity contribution in [3.63, 3.8) is 0 Å². The Labute approximate surface area is 99.3 Å². The Bertz CT molecular complexity index is 525. The summed E-state index contributed by atoms with van der Waals surface area (Å²) in [5.41, 5.74) is -0.102. The zero-order valence-electron chi connectivity index (χ0n) is 8.24. The zero-order valence-corrected chi connectivity index (χ0v) is 9.00. The summed E-state index contributed by atoms with van der Waals surface area (Å²) in [6.07, 6.45) is 0.331. The Hall–Kier alpha value is -1.69. The quantitative estimate of drug-likeness (QED) is 0.738. The van der Waals surface area contributed by atoms with Crippen molar-refractivity contribution in [1.82, 2.24) is 15.0 Å². The van der Waals surface area contributed by atoms with Gasteiger partial charge in [-0.2, -0.15) is 13.2 Å². The van der Waals surface area contributed by atoms with Crippen LogP contribution in [0.15, 0.2) is 30.9 Å². The molecular formula is C10H5ClF3N3. The Morgan fingerprint density at radius 1 is 0.941 bits per heavy atom. The lowest BCUT2D eigenvalue weighted by atomic mass is 10.1. The van der Waals surface area contributed by atoms with Crippen molar-refractivity contribution in [3.05, 3.63) is 41.7 Å². The first kappa shape index (κ1) is 11.8. The van der Waals surface area contributed by atoms with Gasteiger partial charge in [-0.1, -0.05) is 0 Å². The summed E-state index contributed by atoms with van der Waals surface area (Å²) in [5, 5.41) is 0.0358. The van der Waals surface area contributed by atoms with E-state index in [1.165, 1.54) is 18.6 Å². The van der Waals surface area contributed by atoms with E-state index in [9.17, 15) is 13.2 Å². The summed E-state index contributed by atoms with van der Waals surface area (Å²) in [6.45, 7) is 0. The maximum Gasteiger partial charge on any atom is 0.417 e. The average Bonchev–Trinajstić information content (AvgIpc) is 2.29. The van der Waals surface area contributed by atoms with E-state index in [4.69, 9.17) is 11.6 Å². The molecule has 0 saturated heterocycles. The Balaban J connectivity index is 2.43. The topological polar surface area (TPSA) is 38.7 Å². The fraction of sp³-hybridized carbons (Fsp3) is 0.100. The van der Waals surface area contributed by atoms with Gasteiger partial charge in [0.2, 0.25) is 5.28 Å². The van der Waals surface area contributed by atoms with E-state index in [-0.39, 0.29) is 10.8 Å². The van der Waals surface area contributed by atoms with Gasteiger partial charge in [-0.05, 0) is 17.7 Å². The van der Waals surface area contributed by atoms with Gasteiger partial charge in [0.1, 0.15) is 0 Å². The summed E-state index contributed by atoms with van der Waals surface area (Å²) < 4.78 is 37.4. The molecule has 2 rings (SSSR count). The molecule has 3 nitrogen and oxygen atoms in total. The second kappa shape index (κ2) is 4.29. The number of nitrogens with zero attached hydrogens (tertiary/aromatic N) is 3. The molecular weight excluding hydrogens is 255 g/mol. The van der Waals surface area contributed by atoms with Crippen molar-refractivity contribution >= 4 is 11.6 Å². The average molecular weight is 260 g/mol. The van der Waals surface area contributed by atoms with Crippen LogP contribution in [-0.2, 0) is 6.18 Å². The smallest absolute Gasteiger partial charge is 0.263 e. The molecule has 2 aromatic rings. The third kappa shape index (κ3) is 2.71. The largest absolute Gasteiger partial charge is 0.417 e. The molecule has 2 heterocycles. The van der Waals surface area contributed by atoms with Crippen LogP contribution in [0, 0.1) is 0 Å². The number of alkyl halides is 3. The van der Waals surface area contributed by atoms with Gasteiger partial charge in [-0.3, -0.25) is 4.98 Å². The second-order valence-corrected chi connectivity index (χ2v) is 3.54. The third-order valence-corrected chi connectivity index (χ3v) is 2.21. The highest BCUT2D eigenvalue weighted by molar-refractivity contribution is 6.28. The van der Waals surface area contributed by atoms with E-state index >= 15 is 0 Å². The normalized spacial score (nSPS) is 11.5. The number of pyridine rings is 1. The summed E-state index contributed by atoms with van der Waals surface area (Å²) >= 11 is 5.49. The monoisotopic (exact) mass is 259 g/mol. The van der Waals surface area contributed by atoms with E-state index in [1.54, 1.807) is 0 Å². The van der Waals surface area contributed by atoms with Crippen LogP contribution < -0.4 is 0 Å². The molecule has 0 radical (unpaired) electrons. The molecule has 0 saturated carbocycles. The van der Waals surface area contributed by atoms with Crippen molar-refractivity contribution in [2.24, 2.45) is 0 Å². The molecule has 0 spiro atoms. The highest BCUT2D eigenvalue weighted by Crippen LogP contribution is 2.31. The van der Waals surface area contributed by atoms with Crippen molar-refractivity contribution in [2.75, 3.05) is 0 Å². The van der Waals surface area contributed by atoms with Gasteiger partial charge in [0.15, 0.2) is 0 Å². The van der Waals surface area contributed by atoms with Gasteiger partial charge in [0, 0.05) is 35.9 Å². The molecule has 17 heavy (non-hydrogen) atoms. The molecule has 0 aliphatic heterocycles. The molecule has 0 aromatic carbocycles. The van der Waals surface area contributed by atoms with Crippen molar-refractivity contribution < 1.29 is 13.2 Å². The van der Waals surface area contributed by atoms with Crippen molar-refractivity contribution in [2.45, 2.75) is 6.18 Å². The molecule has 0 amide bonds. The lowest BCUT2D eigenvalue weighted by Crippen LogP contribution is -2.05. The van der Waals surface area contributed by atoms with E-state index in [0.29, 0.717) is 5.56 Å². The van der Waals surface area contributed by atoms with E-state index in [1.807, 2.05) is 0 Å². The predicted octanol–water partition coefficient (Wildman–Crippen LogP) is 3.21. The van der Waals surface area contributed by atoms with Gasteiger partial charge in [-0.25, -0.2) is 9.97 Å². The highest BCUT2D eigenvalue weighted by Gasteiger charge is 2.31. The third-order valence-electron chi connectivity index (χ3n) is 2.02. The maximum absolute atomic E-state index is 12.5. The number of rotatable bonds is 1. The van der Waals surface area contributed by atoms with Gasteiger partial charge >= 0.3 is 6.18 Å². The molecule has 0 N–H and O–H groups in total. The van der Waals surface area contributed by atoms with Crippen molar-refractivity contribution in [3.8, 4) is 11.1 Å². The number of hydrogen-bond acceptors (Lipinski definition) is 3. The molecule has 7 heteroatoms. The van der Waals surface area contributed by atoms with Crippen LogP contribution in [0.3, 0.4) is 0 Å². The molecule has 0 unspecified atom stereocenters. The van der Waals surface area contributed by atoms with Crippen LogP contribution in [0.4, 0.5) is 13.2 Å². The van der Waals surface area contributed by atoms with E-state index in [0.717, 1.165) is 12.3 Å². The number of hydrogen-bond donors (Lipinski definition) is 0. The first-order chi connectivity index (χ1) is 7.97. The van der Waals surface area contributed by atoms with Crippen molar-refractivity contribution in [1.29, 1.82) is 0 Å². The molecule has 2 aromatic heterocycles. The minimum atomic E-state index is -4.42. The van der Waals surface area contributed by atoms with Gasteiger partial charge in [0.25, 0.3) is 0 Å². The molecule has 0 fully saturated rings. The minimum Gasteiger partial charge on any atom is -0.263 e. The fourth-order valence-electron chi connectivity index (χ4n) is 1.21. The maximum atomic E-state index is 12.5. The van der Waals surface area contributed by atoms with Crippen LogP contribution in [0.25, 0.3) is 11.1 Å². The fourth-order valence-corrected chi connectivity index (χ4v) is 1.31. The standard InChI is InChI=1S/C10H5ClF3N3/c11-9-16-3-7(4-17-9)6-1-8(5-15-2-6)10(12,13)14/h1-5H. The summed E-state index contributed by atoms with van der Waals surface area (Å²) in [7, 11) is 0. The Morgan fingerprint density at radius 2 is 1.59 bits per heavy atom. The van der Waals surface area contributed by atoms with Gasteiger partial charge in [-0.15, -0.1) is 0 Å². The zero-order chi connectivity index (χ0) is 12.5. The SMILES string of the molecule is FC(F)(F)c1cncc(-c2cnc(Cl)nc2)c1. The number of halogens is 4. The highest BCUT2D eigenvalue weighted by atomic mass is 35.5. The van der Waals surface area contributed by atoms with E-state index in [2.05, 4.69) is 15.0 Å². The summed E-state index contributed by atoms with van der Waals surface area (Å²) in [6, 6.07) is 0.986. The Kier molecular flexibility index (Phi) is 2.97. The van der Waals surface area contributed by atoms with Crippen LogP contribution in [0.1, 0.15) is 5.56 Å². The molecule has 0 bridgehead atoms. The molecule has 0 aliphatic carbocycles. The van der Waals surface area contributed by atoms with Gasteiger partial charge in [0.05, 0.1) is 5.56 Å². The molecule has 88 valence electrons. The number of aromatic nitrogens is 3. The lowest BCUT2D eigenvalue weighted by molar-refractivity contribution is -0.137. The first-order valence-corrected chi connectivity index (χ1v) is 4.85. The molecule has 0 atom stereocenters. The Morgan fingerprint density at radius 3 is 2.18 bits per heavy atom. The summed E-state index contributed by atoms with van der Waals surface area (Å²) in [5.74, 6) is 0. The first-order valence-electron chi connectivity index (χ1n) is 4.47. The second-order valence-electron chi connectivity index (χ2n) is 3.20. The lowest BCUT2D eigenvalue weighted by Gasteiger charge is -2.07. The van der Waals surface area contributed by atoms with Crippen LogP contribution in [0.2, 0.25) is 5.28 Å². The van der Waals surface area contributed by atoms with E-state index < -0.39 is 11.7 Å². The van der Waals surface area contributed by atoms with Gasteiger partial charge < -0.3 is 0 Å². The van der Waals surface area contributed by atoms with Crippen LogP contribution in [-0.4, -0.2) is 15.0 Å². The van der Waals surface area contributed by atoms with Crippen LogP contribution in [0.5, 0.6) is 0 Å². The summed E-state index contributed by atoms with van der Waals surface area (Å²) in [4.78, 5) is 10.9. The van der Waals surface area contributed by atoms with Crippen LogP contribution >= 0.6 is 11.6 Å². The predicted molar refractivity (Wildman–Crippen MR) is 55.3 cm³/mol. The minimum absolute atomic E-state index is 0.0358.